The maximum Gasteiger partial charge on any atom is 0.264 e. The fourth-order valence-corrected chi connectivity index (χ4v) is 6.89. The first-order chi connectivity index (χ1) is 22.6. The first kappa shape index (κ1) is 32.0. The Morgan fingerprint density at radius 3 is 2.66 bits per heavy atom. The number of hydrogen-bond donors (Lipinski definition) is 1. The highest BCUT2D eigenvalue weighted by Gasteiger charge is 2.36. The zero-order valence-electron chi connectivity index (χ0n) is 26.2. The Kier molecular flexibility index (Phi) is 8.88. The molecule has 0 bridgehead atoms. The average Bonchev–Trinajstić information content (AvgIpc) is 3.67. The van der Waals surface area contributed by atoms with E-state index in [4.69, 9.17) is 15.6 Å². The van der Waals surface area contributed by atoms with Gasteiger partial charge >= 0.3 is 0 Å². The van der Waals surface area contributed by atoms with E-state index in [1.54, 1.807) is 9.58 Å². The molecule has 1 saturated carbocycles. The molecule has 1 aliphatic heterocycles. The third-order valence-electron chi connectivity index (χ3n) is 8.92. The minimum Gasteiger partial charge on any atom is -0.454 e. The number of carbonyl (C=O) groups excluding carboxylic acids is 1. The van der Waals surface area contributed by atoms with Crippen LogP contribution in [0.1, 0.15) is 44.6 Å². The molecular weight excluding hydrogens is 609 g/mol. The number of amides is 1. The van der Waals surface area contributed by atoms with Gasteiger partial charge in [0.1, 0.15) is 41.0 Å². The van der Waals surface area contributed by atoms with Gasteiger partial charge in [0.25, 0.3) is 5.91 Å². The predicted molar refractivity (Wildman–Crippen MR) is 170 cm³/mol. The van der Waals surface area contributed by atoms with Gasteiger partial charge in [-0.1, -0.05) is 25.0 Å². The summed E-state index contributed by atoms with van der Waals surface area (Å²) in [4.78, 5) is 26.1. The van der Waals surface area contributed by atoms with Crippen LogP contribution < -0.4 is 10.5 Å². The van der Waals surface area contributed by atoms with Crippen LogP contribution in [0.5, 0.6) is 11.5 Å². The van der Waals surface area contributed by atoms with E-state index in [1.807, 2.05) is 20.2 Å². The van der Waals surface area contributed by atoms with Crippen LogP contribution >= 0.6 is 0 Å². The number of nitrogens with zero attached hydrogens (tertiary/aromatic N) is 7. The van der Waals surface area contributed by atoms with Gasteiger partial charge in [-0.2, -0.15) is 14.8 Å². The van der Waals surface area contributed by atoms with Crippen molar-refractivity contribution in [3.05, 3.63) is 71.8 Å². The van der Waals surface area contributed by atoms with E-state index < -0.39 is 17.5 Å². The van der Waals surface area contributed by atoms with Gasteiger partial charge in [-0.05, 0) is 64.0 Å². The van der Waals surface area contributed by atoms with Crippen LogP contribution in [0.15, 0.2) is 54.4 Å². The molecule has 6 rings (SSSR count). The van der Waals surface area contributed by atoms with Gasteiger partial charge in [-0.25, -0.2) is 23.4 Å². The number of ether oxygens (including phenoxy) is 1. The van der Waals surface area contributed by atoms with Crippen molar-refractivity contribution in [2.75, 3.05) is 39.5 Å². The zero-order chi connectivity index (χ0) is 33.3. The van der Waals surface area contributed by atoms with Crippen molar-refractivity contribution >= 4 is 22.8 Å². The molecule has 2 aliphatic rings. The number of nitrogens with two attached hydrogens (primary N) is 1. The number of halogens is 3. The highest BCUT2D eigenvalue weighted by molar-refractivity contribution is 5.99. The van der Waals surface area contributed by atoms with Gasteiger partial charge in [0.05, 0.1) is 11.4 Å². The lowest BCUT2D eigenvalue weighted by molar-refractivity contribution is -0.128. The van der Waals surface area contributed by atoms with E-state index in [-0.39, 0.29) is 58.1 Å². The van der Waals surface area contributed by atoms with Crippen LogP contribution in [0.25, 0.3) is 22.3 Å². The number of anilines is 1. The van der Waals surface area contributed by atoms with Crippen LogP contribution in [0, 0.1) is 34.2 Å². The summed E-state index contributed by atoms with van der Waals surface area (Å²) in [5, 5.41) is 15.2. The molecule has 2 N–H and O–H groups in total. The Hall–Kier alpha value is -4.96. The Balaban J connectivity index is 1.30. The van der Waals surface area contributed by atoms with Gasteiger partial charge in [0, 0.05) is 36.7 Å². The summed E-state index contributed by atoms with van der Waals surface area (Å²) in [5.74, 6) is -3.66. The van der Waals surface area contributed by atoms with Crippen molar-refractivity contribution in [2.24, 2.45) is 5.41 Å². The van der Waals surface area contributed by atoms with E-state index in [1.165, 1.54) is 30.6 Å². The maximum atomic E-state index is 15.6. The first-order valence-corrected chi connectivity index (χ1v) is 15.6. The third-order valence-corrected chi connectivity index (χ3v) is 8.92. The number of carbonyl (C=O) groups is 1. The first-order valence-electron chi connectivity index (χ1n) is 15.6. The maximum absolute atomic E-state index is 15.6. The van der Waals surface area contributed by atoms with Crippen LogP contribution in [0.3, 0.4) is 0 Å². The molecule has 0 radical (unpaired) electrons. The van der Waals surface area contributed by atoms with Gasteiger partial charge in [-0.15, -0.1) is 0 Å². The molecule has 1 saturated heterocycles. The highest BCUT2D eigenvalue weighted by Crippen LogP contribution is 2.41. The van der Waals surface area contributed by atoms with Crippen LogP contribution in [-0.2, 0) is 4.79 Å². The smallest absolute Gasteiger partial charge is 0.264 e. The molecule has 1 amide bonds. The minimum absolute atomic E-state index is 0.0449. The summed E-state index contributed by atoms with van der Waals surface area (Å²) in [5.41, 5.74) is 6.84. The lowest BCUT2D eigenvalue weighted by atomic mass is 9.83. The molecule has 2 fully saturated rings. The van der Waals surface area contributed by atoms with Crippen LogP contribution in [0.4, 0.5) is 19.0 Å². The SMILES string of the molecule is CN(C)CC1(C=C(C#N)C(=O)N2CCCC(n3nc(-c4ccc(Oc5cccc(F)c5F)cc4F)c4c(N)ncnc43)C2)CCCC1. The number of fused-ring (bicyclic) bond motifs is 1. The number of piperidine rings is 1. The van der Waals surface area contributed by atoms with Crippen molar-refractivity contribution in [1.29, 1.82) is 5.26 Å². The number of likely N-dealkylation sites (tertiary alicyclic amines) is 1. The number of benzene rings is 2. The molecule has 3 heterocycles. The summed E-state index contributed by atoms with van der Waals surface area (Å²) in [6.07, 6.45) is 8.49. The Labute approximate surface area is 270 Å². The Morgan fingerprint density at radius 1 is 1.15 bits per heavy atom. The highest BCUT2D eigenvalue weighted by atomic mass is 19.2. The number of nitrogen functional groups attached to an aromatic ring is 1. The van der Waals surface area contributed by atoms with Crippen molar-refractivity contribution in [3.8, 4) is 28.8 Å². The monoisotopic (exact) mass is 644 g/mol. The molecule has 47 heavy (non-hydrogen) atoms. The molecule has 2 aromatic heterocycles. The molecule has 1 atom stereocenters. The second kappa shape index (κ2) is 13.0. The van der Waals surface area contributed by atoms with Gasteiger partial charge in [0.15, 0.2) is 17.2 Å². The topological polar surface area (TPSA) is 126 Å². The molecular formula is C34H35F3N8O2. The zero-order valence-corrected chi connectivity index (χ0v) is 26.2. The summed E-state index contributed by atoms with van der Waals surface area (Å²) < 4.78 is 50.5. The van der Waals surface area contributed by atoms with Gasteiger partial charge < -0.3 is 20.3 Å². The van der Waals surface area contributed by atoms with E-state index in [0.29, 0.717) is 30.4 Å². The normalized spacial score (nSPS) is 18.1. The molecule has 13 heteroatoms. The minimum atomic E-state index is -1.18. The molecule has 1 unspecified atom stereocenters. The van der Waals surface area contributed by atoms with Crippen molar-refractivity contribution in [2.45, 2.75) is 44.6 Å². The fraction of sp³-hybridized carbons (Fsp3) is 0.382. The van der Waals surface area contributed by atoms with Crippen LogP contribution in [0.2, 0.25) is 0 Å². The molecule has 0 spiro atoms. The summed E-state index contributed by atoms with van der Waals surface area (Å²) in [6, 6.07) is 9.20. The standard InChI is InChI=1S/C34H35F3N8O2/c1-43(2)19-34(12-3-4-13-34)16-21(17-38)33(46)44-14-6-7-22(18-44)45-32-28(31(39)40-20-41-32)30(42-45)24-11-10-23(15-26(24)36)47-27-9-5-8-25(35)29(27)37/h5,8-11,15-16,20,22H,3-4,6-7,12-14,18-19H2,1-2H3,(H2,39,40,41). The molecule has 10 nitrogen and oxygen atoms in total. The predicted octanol–water partition coefficient (Wildman–Crippen LogP) is 6.02. The number of rotatable bonds is 8. The number of aromatic nitrogens is 4. The fourth-order valence-electron chi connectivity index (χ4n) is 6.89. The average molecular weight is 645 g/mol. The summed E-state index contributed by atoms with van der Waals surface area (Å²) >= 11 is 0. The van der Waals surface area contributed by atoms with E-state index in [9.17, 15) is 18.8 Å². The quantitative estimate of drug-likeness (QED) is 0.182. The van der Waals surface area contributed by atoms with Gasteiger partial charge in [0.2, 0.25) is 5.82 Å². The van der Waals surface area contributed by atoms with E-state index >= 15 is 4.39 Å². The summed E-state index contributed by atoms with van der Waals surface area (Å²) in [6.45, 7) is 1.52. The van der Waals surface area contributed by atoms with Crippen molar-refractivity contribution in [3.63, 3.8) is 0 Å². The molecule has 2 aromatic carbocycles. The molecule has 1 aliphatic carbocycles. The lowest BCUT2D eigenvalue weighted by Crippen LogP contribution is -2.42. The molecule has 4 aromatic rings. The lowest BCUT2D eigenvalue weighted by Gasteiger charge is -2.34. The third kappa shape index (κ3) is 6.38. The second-order valence-electron chi connectivity index (χ2n) is 12.6. The van der Waals surface area contributed by atoms with Crippen molar-refractivity contribution < 1.29 is 22.7 Å². The van der Waals surface area contributed by atoms with Crippen molar-refractivity contribution in [1.82, 2.24) is 29.5 Å². The van der Waals surface area contributed by atoms with E-state index in [2.05, 4.69) is 20.9 Å². The second-order valence-corrected chi connectivity index (χ2v) is 12.6. The van der Waals surface area contributed by atoms with Crippen LogP contribution in [-0.4, -0.2) is 69.2 Å². The molecule has 244 valence electrons. The van der Waals surface area contributed by atoms with Gasteiger partial charge in [-0.3, -0.25) is 4.79 Å². The number of hydrogen-bond acceptors (Lipinski definition) is 8. The Bertz CT molecular complexity index is 1890. The summed E-state index contributed by atoms with van der Waals surface area (Å²) in [7, 11) is 4.00. The Morgan fingerprint density at radius 2 is 1.94 bits per heavy atom. The largest absolute Gasteiger partial charge is 0.454 e. The number of nitriles is 1. The van der Waals surface area contributed by atoms with E-state index in [0.717, 1.165) is 44.4 Å².